The summed E-state index contributed by atoms with van der Waals surface area (Å²) < 4.78 is 97.2. The van der Waals surface area contributed by atoms with E-state index in [9.17, 15) is 40.3 Å². The highest BCUT2D eigenvalue weighted by molar-refractivity contribution is 7.89. The molecule has 0 spiro atoms. The highest BCUT2D eigenvalue weighted by atomic mass is 32.2. The lowest BCUT2D eigenvalue weighted by Gasteiger charge is -2.29. The molecule has 2 aromatic rings. The Morgan fingerprint density at radius 2 is 1.71 bits per heavy atom. The van der Waals surface area contributed by atoms with Crippen molar-refractivity contribution in [1.29, 1.82) is 0 Å². The quantitative estimate of drug-likeness (QED) is 0.237. The van der Waals surface area contributed by atoms with Crippen LogP contribution in [-0.4, -0.2) is 67.0 Å². The van der Waals surface area contributed by atoms with Gasteiger partial charge >= 0.3 is 12.3 Å². The minimum atomic E-state index is -5.08. The number of carboxylic acids is 1. The van der Waals surface area contributed by atoms with Gasteiger partial charge in [0.2, 0.25) is 10.0 Å². The van der Waals surface area contributed by atoms with E-state index in [-0.39, 0.29) is 43.4 Å². The molecule has 0 fully saturated rings. The van der Waals surface area contributed by atoms with Gasteiger partial charge < -0.3 is 20.3 Å². The number of aryl methyl sites for hydroxylation is 1. The number of hydrogen-bond acceptors (Lipinski definition) is 6. The van der Waals surface area contributed by atoms with Crippen LogP contribution in [0.5, 0.6) is 5.75 Å². The molecule has 0 radical (unpaired) electrons. The van der Waals surface area contributed by atoms with E-state index < -0.39 is 62.8 Å². The average Bonchev–Trinajstić information content (AvgIpc) is 2.83. The van der Waals surface area contributed by atoms with Crippen LogP contribution in [0.15, 0.2) is 41.3 Å². The summed E-state index contributed by atoms with van der Waals surface area (Å²) in [5.74, 6) is -3.13. The first kappa shape index (κ1) is 34.4. The number of nitrogens with zero attached hydrogens (tertiary/aromatic N) is 1. The van der Waals surface area contributed by atoms with E-state index in [4.69, 9.17) is 5.11 Å². The second kappa shape index (κ2) is 14.4. The first-order chi connectivity index (χ1) is 18.9. The van der Waals surface area contributed by atoms with Gasteiger partial charge in [-0.2, -0.15) is 4.31 Å². The van der Waals surface area contributed by atoms with Gasteiger partial charge in [0.25, 0.3) is 0 Å². The zero-order valence-corrected chi connectivity index (χ0v) is 23.8. The van der Waals surface area contributed by atoms with Crippen molar-refractivity contribution in [3.05, 3.63) is 59.2 Å². The molecular weight excluding hydrogens is 575 g/mol. The fourth-order valence-electron chi connectivity index (χ4n) is 4.16. The number of ether oxygens (including phenoxy) is 1. The first-order valence-electron chi connectivity index (χ1n) is 12.8. The zero-order valence-electron chi connectivity index (χ0n) is 23.0. The molecule has 0 amide bonds. The van der Waals surface area contributed by atoms with E-state index in [1.807, 2.05) is 13.8 Å². The second-order valence-corrected chi connectivity index (χ2v) is 12.4. The maximum atomic E-state index is 13.8. The van der Waals surface area contributed by atoms with Crippen LogP contribution in [0.4, 0.5) is 22.0 Å². The number of alkyl halides is 3. The second-order valence-electron chi connectivity index (χ2n) is 10.4. The Hall–Kier alpha value is -2.81. The van der Waals surface area contributed by atoms with E-state index in [0.717, 1.165) is 23.5 Å². The average molecular weight is 611 g/mol. The maximum absolute atomic E-state index is 13.8. The number of rotatable bonds is 16. The molecular formula is C27H35F5N2O6S. The Morgan fingerprint density at radius 3 is 2.29 bits per heavy atom. The number of carboxylic acid groups (broad SMARTS) is 1. The van der Waals surface area contributed by atoms with Crippen LogP contribution < -0.4 is 10.1 Å². The minimum Gasteiger partial charge on any atom is -0.481 e. The molecule has 0 bridgehead atoms. The lowest BCUT2D eigenvalue weighted by atomic mass is 9.95. The van der Waals surface area contributed by atoms with E-state index in [2.05, 4.69) is 10.1 Å². The predicted molar refractivity (Wildman–Crippen MR) is 141 cm³/mol. The smallest absolute Gasteiger partial charge is 0.481 e. The molecule has 8 nitrogen and oxygen atoms in total. The molecule has 0 heterocycles. The Morgan fingerprint density at radius 1 is 1.07 bits per heavy atom. The van der Waals surface area contributed by atoms with Gasteiger partial charge in [0.05, 0.1) is 11.0 Å². The van der Waals surface area contributed by atoms with Crippen LogP contribution in [0.1, 0.15) is 50.7 Å². The van der Waals surface area contributed by atoms with Gasteiger partial charge in [0, 0.05) is 43.7 Å². The molecule has 0 aliphatic rings. The molecule has 1 atom stereocenters. The molecule has 14 heteroatoms. The van der Waals surface area contributed by atoms with Gasteiger partial charge in [0.1, 0.15) is 17.4 Å². The summed E-state index contributed by atoms with van der Waals surface area (Å²) in [6.45, 7) is 3.19. The van der Waals surface area contributed by atoms with Crippen molar-refractivity contribution >= 4 is 16.0 Å². The normalized spacial score (nSPS) is 13.4. The third kappa shape index (κ3) is 11.5. The highest BCUT2D eigenvalue weighted by Gasteiger charge is 2.32. The van der Waals surface area contributed by atoms with E-state index >= 15 is 0 Å². The largest absolute Gasteiger partial charge is 0.573 e. The molecule has 230 valence electrons. The van der Waals surface area contributed by atoms with Crippen LogP contribution in [0.2, 0.25) is 0 Å². The first-order valence-corrected chi connectivity index (χ1v) is 14.3. The summed E-state index contributed by atoms with van der Waals surface area (Å²) in [4.78, 5) is 10.3. The Balaban J connectivity index is 2.03. The number of aliphatic hydroxyl groups is 1. The zero-order chi connectivity index (χ0) is 31.0. The van der Waals surface area contributed by atoms with Crippen molar-refractivity contribution in [3.8, 4) is 5.75 Å². The summed E-state index contributed by atoms with van der Waals surface area (Å²) in [6, 6.07) is 6.50. The van der Waals surface area contributed by atoms with Crippen LogP contribution >= 0.6 is 0 Å². The Labute approximate surface area is 236 Å². The third-order valence-corrected chi connectivity index (χ3v) is 8.11. The van der Waals surface area contributed by atoms with Crippen molar-refractivity contribution in [2.24, 2.45) is 0 Å². The Bertz CT molecular complexity index is 1270. The van der Waals surface area contributed by atoms with Gasteiger partial charge in [-0.25, -0.2) is 17.2 Å². The number of carbonyl (C=O) groups is 1. The lowest BCUT2D eigenvalue weighted by Crippen LogP contribution is -2.46. The van der Waals surface area contributed by atoms with E-state index in [0.29, 0.717) is 18.9 Å². The minimum absolute atomic E-state index is 0.00122. The van der Waals surface area contributed by atoms with Gasteiger partial charge in [-0.3, -0.25) is 4.79 Å². The molecule has 0 aromatic heterocycles. The van der Waals surface area contributed by atoms with Crippen LogP contribution in [0, 0.1) is 11.6 Å². The van der Waals surface area contributed by atoms with E-state index in [1.165, 1.54) is 18.2 Å². The number of aliphatic hydroxyl groups excluding tert-OH is 1. The molecule has 0 aliphatic heterocycles. The van der Waals surface area contributed by atoms with Gasteiger partial charge in [-0.05, 0) is 75.8 Å². The van der Waals surface area contributed by atoms with Crippen molar-refractivity contribution in [1.82, 2.24) is 9.62 Å². The fraction of sp³-hybridized carbons (Fsp3) is 0.519. The molecule has 2 aromatic carbocycles. The molecule has 0 saturated carbocycles. The summed E-state index contributed by atoms with van der Waals surface area (Å²) in [7, 11) is -3.21. The molecule has 41 heavy (non-hydrogen) atoms. The number of likely N-dealkylation sites (N-methyl/N-ethyl adjacent to an activating group) is 1. The number of halogens is 5. The number of benzene rings is 2. The highest BCUT2D eigenvalue weighted by Crippen LogP contribution is 2.29. The molecule has 3 N–H and O–H groups in total. The van der Waals surface area contributed by atoms with Crippen molar-refractivity contribution in [2.75, 3.05) is 20.1 Å². The number of hydrogen-bond donors (Lipinski definition) is 3. The summed E-state index contributed by atoms with van der Waals surface area (Å²) >= 11 is 0. The fourth-order valence-corrected chi connectivity index (χ4v) is 5.45. The molecule has 0 saturated heterocycles. The SMILES string of the molecule is CN(C[C@H](O)CNC(C)(C)CCCc1c(F)cccc1F)S(=O)(=O)c1cc(CCCC(=O)O)cc(OC(F)(F)F)c1. The summed E-state index contributed by atoms with van der Waals surface area (Å²) in [5.41, 5.74) is -0.446. The van der Waals surface area contributed by atoms with Gasteiger partial charge in [-0.1, -0.05) is 6.07 Å². The van der Waals surface area contributed by atoms with Crippen LogP contribution in [0.3, 0.4) is 0 Å². The van der Waals surface area contributed by atoms with Crippen molar-refractivity contribution in [3.63, 3.8) is 0 Å². The number of β-amino-alcohol motifs (C(OH)–C–C–N with tert-alkyl or cyclic N) is 1. The number of nitrogens with one attached hydrogen (secondary N) is 1. The monoisotopic (exact) mass is 610 g/mol. The van der Waals surface area contributed by atoms with Crippen molar-refractivity contribution in [2.45, 2.75) is 75.3 Å². The van der Waals surface area contributed by atoms with Crippen LogP contribution in [-0.2, 0) is 27.7 Å². The lowest BCUT2D eigenvalue weighted by molar-refractivity contribution is -0.274. The summed E-state index contributed by atoms with van der Waals surface area (Å²) in [5, 5.41) is 22.4. The molecule has 2 rings (SSSR count). The van der Waals surface area contributed by atoms with Crippen LogP contribution in [0.25, 0.3) is 0 Å². The van der Waals surface area contributed by atoms with Gasteiger partial charge in [-0.15, -0.1) is 13.2 Å². The predicted octanol–water partition coefficient (Wildman–Crippen LogP) is 4.64. The van der Waals surface area contributed by atoms with E-state index in [1.54, 1.807) is 0 Å². The standard InChI is InChI=1S/C27H35F5N2O6S/c1-26(2,12-6-8-22-23(28)9-5-10-24(22)29)33-16-19(35)17-34(3)41(38,39)21-14-18(7-4-11-25(36)37)13-20(15-21)40-27(30,31)32/h5,9-10,13-15,19,33,35H,4,6-8,11-12,16-17H2,1-3H3,(H,36,37)/t19-/m1/s1. The topological polar surface area (TPSA) is 116 Å². The number of sulfonamides is 1. The molecule has 0 aliphatic carbocycles. The maximum Gasteiger partial charge on any atom is 0.573 e. The Kier molecular flexibility index (Phi) is 12.1. The number of aliphatic carboxylic acids is 1. The van der Waals surface area contributed by atoms with Crippen molar-refractivity contribution < 1.29 is 50.1 Å². The molecule has 0 unspecified atom stereocenters. The third-order valence-electron chi connectivity index (χ3n) is 6.31. The summed E-state index contributed by atoms with van der Waals surface area (Å²) in [6.07, 6.45) is -5.39. The van der Waals surface area contributed by atoms with Gasteiger partial charge in [0.15, 0.2) is 0 Å².